The summed E-state index contributed by atoms with van der Waals surface area (Å²) in [5, 5.41) is 8.10. The van der Waals surface area contributed by atoms with E-state index >= 15 is 0 Å². The maximum Gasteiger partial charge on any atom is 0.328 e. The maximum atomic E-state index is 10.0. The van der Waals surface area contributed by atoms with Crippen molar-refractivity contribution in [1.82, 2.24) is 10.9 Å². The number of hydrogen-bond acceptors (Lipinski definition) is 3. The van der Waals surface area contributed by atoms with Gasteiger partial charge >= 0.3 is 12.0 Å². The number of rotatable bonds is 4. The zero-order valence-electron chi connectivity index (χ0n) is 5.70. The Bertz CT molecular complexity index is 178. The van der Waals surface area contributed by atoms with Gasteiger partial charge in [0.1, 0.15) is 0 Å². The molecule has 0 saturated heterocycles. The lowest BCUT2D eigenvalue weighted by atomic mass is 10.5. The van der Waals surface area contributed by atoms with Crippen molar-refractivity contribution in [2.75, 3.05) is 6.54 Å². The Labute approximate surface area is 63.0 Å². The quantitative estimate of drug-likeness (QED) is 0.235. The third-order valence-electron chi connectivity index (χ3n) is 0.692. The van der Waals surface area contributed by atoms with E-state index in [1.807, 2.05) is 0 Å². The van der Waals surface area contributed by atoms with Gasteiger partial charge in [0, 0.05) is 12.6 Å². The Morgan fingerprint density at radius 1 is 1.55 bits per heavy atom. The van der Waals surface area contributed by atoms with Crippen LogP contribution in [0.25, 0.3) is 0 Å². The molecule has 2 amide bonds. The Morgan fingerprint density at radius 3 is 2.64 bits per heavy atom. The molecule has 5 N–H and O–H groups in total. The van der Waals surface area contributed by atoms with Gasteiger partial charge < -0.3 is 10.8 Å². The molecular formula is C5H9N3O3. The van der Waals surface area contributed by atoms with Crippen LogP contribution in [0.3, 0.4) is 0 Å². The molecule has 0 aliphatic rings. The standard InChI is InChI=1S/C5H9N3O3/c6-5(11)8-7-3-1-2-4(9)10/h1-2,7H,3H2,(H,9,10)(H3,6,8,11). The first-order valence-electron chi connectivity index (χ1n) is 2.80. The van der Waals surface area contributed by atoms with Crippen molar-refractivity contribution in [3.8, 4) is 0 Å². The number of hydrogen-bond donors (Lipinski definition) is 4. The third-order valence-corrected chi connectivity index (χ3v) is 0.692. The fourth-order valence-electron chi connectivity index (χ4n) is 0.357. The van der Waals surface area contributed by atoms with Crippen molar-refractivity contribution in [3.05, 3.63) is 12.2 Å². The van der Waals surface area contributed by atoms with Crippen molar-refractivity contribution in [2.24, 2.45) is 5.73 Å². The molecule has 6 nitrogen and oxygen atoms in total. The highest BCUT2D eigenvalue weighted by Crippen LogP contribution is 1.68. The summed E-state index contributed by atoms with van der Waals surface area (Å²) in [5.74, 6) is -1.04. The fraction of sp³-hybridized carbons (Fsp3) is 0.200. The van der Waals surface area contributed by atoms with Gasteiger partial charge in [0.15, 0.2) is 0 Å². The van der Waals surface area contributed by atoms with E-state index in [0.29, 0.717) is 0 Å². The first-order valence-corrected chi connectivity index (χ1v) is 2.80. The minimum atomic E-state index is -1.04. The van der Waals surface area contributed by atoms with E-state index in [1.165, 1.54) is 6.08 Å². The van der Waals surface area contributed by atoms with Crippen LogP contribution in [0.15, 0.2) is 12.2 Å². The minimum Gasteiger partial charge on any atom is -0.478 e. The van der Waals surface area contributed by atoms with Crippen LogP contribution < -0.4 is 16.6 Å². The minimum absolute atomic E-state index is 0.218. The summed E-state index contributed by atoms with van der Waals surface area (Å²) in [4.78, 5) is 19.9. The van der Waals surface area contributed by atoms with E-state index in [0.717, 1.165) is 6.08 Å². The Kier molecular flexibility index (Phi) is 4.50. The number of carbonyl (C=O) groups excluding carboxylic acids is 1. The Morgan fingerprint density at radius 2 is 2.18 bits per heavy atom. The molecule has 0 atom stereocenters. The second kappa shape index (κ2) is 5.24. The van der Waals surface area contributed by atoms with Gasteiger partial charge in [0.05, 0.1) is 0 Å². The van der Waals surface area contributed by atoms with Gasteiger partial charge in [-0.25, -0.2) is 15.0 Å². The molecule has 62 valence electrons. The van der Waals surface area contributed by atoms with Gasteiger partial charge in [0.25, 0.3) is 0 Å². The number of hydrazine groups is 1. The highest BCUT2D eigenvalue weighted by molar-refractivity contribution is 5.79. The van der Waals surface area contributed by atoms with Gasteiger partial charge in [-0.15, -0.1) is 0 Å². The van der Waals surface area contributed by atoms with Crippen LogP contribution in [-0.2, 0) is 4.79 Å². The molecule has 0 aromatic heterocycles. The lowest BCUT2D eigenvalue weighted by molar-refractivity contribution is -0.131. The summed E-state index contributed by atoms with van der Waals surface area (Å²) in [6.45, 7) is 0.218. The number of nitrogens with one attached hydrogen (secondary N) is 2. The molecule has 0 aromatic carbocycles. The molecule has 0 aromatic rings. The SMILES string of the molecule is NC(=O)NNCC=CC(=O)O. The van der Waals surface area contributed by atoms with Crippen LogP contribution in [0.4, 0.5) is 4.79 Å². The van der Waals surface area contributed by atoms with Crippen molar-refractivity contribution in [1.29, 1.82) is 0 Å². The van der Waals surface area contributed by atoms with Crippen molar-refractivity contribution in [2.45, 2.75) is 0 Å². The van der Waals surface area contributed by atoms with Crippen LogP contribution in [0.1, 0.15) is 0 Å². The van der Waals surface area contributed by atoms with Crippen molar-refractivity contribution in [3.63, 3.8) is 0 Å². The summed E-state index contributed by atoms with van der Waals surface area (Å²) in [5.41, 5.74) is 9.11. The first kappa shape index (κ1) is 9.44. The highest BCUT2D eigenvalue weighted by atomic mass is 16.4. The molecule has 0 spiro atoms. The van der Waals surface area contributed by atoms with Crippen LogP contribution in [0.5, 0.6) is 0 Å². The lowest BCUT2D eigenvalue weighted by Gasteiger charge is -1.98. The molecule has 0 radical (unpaired) electrons. The predicted molar refractivity (Wildman–Crippen MR) is 37.5 cm³/mol. The zero-order chi connectivity index (χ0) is 8.69. The zero-order valence-corrected chi connectivity index (χ0v) is 5.70. The largest absolute Gasteiger partial charge is 0.478 e. The summed E-state index contributed by atoms with van der Waals surface area (Å²) in [6, 6.07) is -0.714. The van der Waals surface area contributed by atoms with E-state index in [-0.39, 0.29) is 6.54 Å². The van der Waals surface area contributed by atoms with E-state index in [2.05, 4.69) is 16.6 Å². The molecule has 0 aliphatic carbocycles. The number of carboxylic acid groups (broad SMARTS) is 1. The number of carbonyl (C=O) groups is 2. The first-order chi connectivity index (χ1) is 5.13. The molecule has 0 unspecified atom stereocenters. The summed E-state index contributed by atoms with van der Waals surface area (Å²) < 4.78 is 0. The second-order valence-corrected chi connectivity index (χ2v) is 1.61. The normalized spacial score (nSPS) is 9.82. The van der Waals surface area contributed by atoms with Crippen LogP contribution in [0.2, 0.25) is 0 Å². The number of urea groups is 1. The van der Waals surface area contributed by atoms with Gasteiger partial charge in [0.2, 0.25) is 0 Å². The third kappa shape index (κ3) is 8.44. The van der Waals surface area contributed by atoms with Gasteiger partial charge in [-0.3, -0.25) is 5.43 Å². The van der Waals surface area contributed by atoms with Crippen molar-refractivity contribution < 1.29 is 14.7 Å². The molecular weight excluding hydrogens is 150 g/mol. The lowest BCUT2D eigenvalue weighted by Crippen LogP contribution is -2.40. The average molecular weight is 159 g/mol. The molecule has 0 rings (SSSR count). The summed E-state index contributed by atoms with van der Waals surface area (Å²) in [7, 11) is 0. The molecule has 6 heteroatoms. The predicted octanol–water partition coefficient (Wildman–Crippen LogP) is -1.20. The fourth-order valence-corrected chi connectivity index (χ4v) is 0.357. The molecule has 0 fully saturated rings. The maximum absolute atomic E-state index is 10.0. The average Bonchev–Trinajstić information content (AvgIpc) is 1.85. The highest BCUT2D eigenvalue weighted by Gasteiger charge is 1.86. The molecule has 0 bridgehead atoms. The van der Waals surface area contributed by atoms with Gasteiger partial charge in [-0.2, -0.15) is 0 Å². The topological polar surface area (TPSA) is 104 Å². The number of carboxylic acids is 1. The van der Waals surface area contributed by atoms with Crippen LogP contribution in [-0.4, -0.2) is 23.7 Å². The second-order valence-electron chi connectivity index (χ2n) is 1.61. The Balaban J connectivity index is 3.27. The van der Waals surface area contributed by atoms with E-state index in [4.69, 9.17) is 5.11 Å². The number of amides is 2. The van der Waals surface area contributed by atoms with E-state index in [1.54, 1.807) is 0 Å². The summed E-state index contributed by atoms with van der Waals surface area (Å²) >= 11 is 0. The molecule has 0 saturated carbocycles. The molecule has 11 heavy (non-hydrogen) atoms. The van der Waals surface area contributed by atoms with Gasteiger partial charge in [-0.1, -0.05) is 6.08 Å². The number of primary amides is 1. The van der Waals surface area contributed by atoms with E-state index < -0.39 is 12.0 Å². The molecule has 0 heterocycles. The monoisotopic (exact) mass is 159 g/mol. The van der Waals surface area contributed by atoms with Gasteiger partial charge in [-0.05, 0) is 0 Å². The smallest absolute Gasteiger partial charge is 0.328 e. The molecule has 0 aliphatic heterocycles. The van der Waals surface area contributed by atoms with E-state index in [9.17, 15) is 9.59 Å². The number of aliphatic carboxylic acids is 1. The Hall–Kier alpha value is -1.56. The van der Waals surface area contributed by atoms with Crippen LogP contribution in [0, 0.1) is 0 Å². The van der Waals surface area contributed by atoms with Crippen molar-refractivity contribution >= 4 is 12.0 Å². The summed E-state index contributed by atoms with van der Waals surface area (Å²) in [6.07, 6.45) is 2.29. The van der Waals surface area contributed by atoms with Crippen LogP contribution >= 0.6 is 0 Å². The number of nitrogens with two attached hydrogens (primary N) is 1.